The first kappa shape index (κ1) is 18.3. The number of halogens is 1. The van der Waals surface area contributed by atoms with E-state index in [9.17, 15) is 4.39 Å². The van der Waals surface area contributed by atoms with E-state index in [4.69, 9.17) is 4.98 Å². The summed E-state index contributed by atoms with van der Waals surface area (Å²) in [6, 6.07) is 16.4. The Bertz CT molecular complexity index is 1050. The number of aliphatic imine (C=N–C) groups is 1. The van der Waals surface area contributed by atoms with E-state index in [2.05, 4.69) is 32.3 Å². The van der Waals surface area contributed by atoms with Gasteiger partial charge in [-0.2, -0.15) is 0 Å². The molecule has 4 nitrogen and oxygen atoms in total. The Morgan fingerprint density at radius 1 is 1.07 bits per heavy atom. The van der Waals surface area contributed by atoms with Gasteiger partial charge in [-0.1, -0.05) is 0 Å². The number of nitrogens with zero attached hydrogens (tertiary/aromatic N) is 4. The Hall–Kier alpha value is -2.12. The van der Waals surface area contributed by atoms with Crippen LogP contribution in [0.15, 0.2) is 68.9 Å². The molecule has 2 aromatic carbocycles. The Morgan fingerprint density at radius 2 is 1.89 bits per heavy atom. The monoisotopic (exact) mass is 460 g/mol. The molecule has 0 saturated heterocycles. The summed E-state index contributed by atoms with van der Waals surface area (Å²) in [6.45, 7) is 0. The summed E-state index contributed by atoms with van der Waals surface area (Å²) in [7, 11) is 0. The van der Waals surface area contributed by atoms with Crippen LogP contribution >= 0.6 is 23.1 Å². The normalized spacial score (nSPS) is 11.3. The molecule has 4 rings (SSSR count). The van der Waals surface area contributed by atoms with Crippen molar-refractivity contribution >= 4 is 48.9 Å². The van der Waals surface area contributed by atoms with E-state index in [1.165, 1.54) is 33.6 Å². The van der Waals surface area contributed by atoms with E-state index >= 15 is 0 Å². The molecular weight excluding hydrogens is 446 g/mol. The summed E-state index contributed by atoms with van der Waals surface area (Å²) in [6.07, 6.45) is 1.66. The molecule has 134 valence electrons. The van der Waals surface area contributed by atoms with Crippen LogP contribution in [0.3, 0.4) is 0 Å². The quantitative estimate of drug-likeness (QED) is 0.235. The average Bonchev–Trinajstić information content (AvgIpc) is 3.36. The fraction of sp³-hybridized carbons (Fsp3) is 0.0526. The van der Waals surface area contributed by atoms with Crippen LogP contribution in [0, 0.1) is 5.82 Å². The fourth-order valence-electron chi connectivity index (χ4n) is 2.21. The van der Waals surface area contributed by atoms with Crippen LogP contribution in [-0.2, 0) is 5.75 Å². The second-order valence-electron chi connectivity index (χ2n) is 5.46. The predicted molar refractivity (Wildman–Crippen MR) is 110 cm³/mol. The van der Waals surface area contributed by atoms with Gasteiger partial charge in [-0.3, -0.25) is 0 Å². The predicted octanol–water partition coefficient (Wildman–Crippen LogP) is 4.84. The van der Waals surface area contributed by atoms with Crippen molar-refractivity contribution in [2.24, 2.45) is 4.99 Å². The van der Waals surface area contributed by atoms with Crippen molar-refractivity contribution in [2.75, 3.05) is 0 Å². The SMILES string of the molecule is Fc1ccc(C=Nc2nnc(SCc3c[se]c(-c4ccccc4)n3)s2)cc1. The molecule has 27 heavy (non-hydrogen) atoms. The molecule has 0 atom stereocenters. The van der Waals surface area contributed by atoms with Crippen LogP contribution in [0.25, 0.3) is 10.1 Å². The van der Waals surface area contributed by atoms with E-state index < -0.39 is 0 Å². The van der Waals surface area contributed by atoms with Gasteiger partial charge in [0.05, 0.1) is 0 Å². The summed E-state index contributed by atoms with van der Waals surface area (Å²) < 4.78 is 14.9. The third kappa shape index (κ3) is 4.99. The zero-order valence-electron chi connectivity index (χ0n) is 13.9. The summed E-state index contributed by atoms with van der Waals surface area (Å²) in [4.78, 5) is 11.3. The van der Waals surface area contributed by atoms with Crippen molar-refractivity contribution in [2.45, 2.75) is 10.1 Å². The summed E-state index contributed by atoms with van der Waals surface area (Å²) >= 11 is 3.33. The van der Waals surface area contributed by atoms with Gasteiger partial charge in [-0.25, -0.2) is 4.39 Å². The fourth-order valence-corrected chi connectivity index (χ4v) is 5.76. The molecule has 0 fully saturated rings. The number of aromatic nitrogens is 3. The van der Waals surface area contributed by atoms with E-state index in [1.807, 2.05) is 18.2 Å². The second kappa shape index (κ2) is 8.71. The minimum atomic E-state index is -0.262. The molecular formula is C19H13FN4S2Se. The van der Waals surface area contributed by atoms with Gasteiger partial charge < -0.3 is 0 Å². The van der Waals surface area contributed by atoms with Crippen LogP contribution in [-0.4, -0.2) is 35.9 Å². The Morgan fingerprint density at radius 3 is 2.70 bits per heavy atom. The summed E-state index contributed by atoms with van der Waals surface area (Å²) in [5, 5.41) is 8.83. The zero-order valence-corrected chi connectivity index (χ0v) is 17.3. The standard InChI is InChI=1S/C19H13FN4S2Se/c20-15-8-6-13(7-9-15)10-21-18-23-24-19(26-18)25-11-16-12-27-17(22-16)14-4-2-1-3-5-14/h1-10,12H,11H2. The number of thioether (sulfide) groups is 1. The molecule has 2 heterocycles. The molecule has 0 aliphatic carbocycles. The van der Waals surface area contributed by atoms with Crippen molar-refractivity contribution in [1.82, 2.24) is 15.2 Å². The average molecular weight is 459 g/mol. The topological polar surface area (TPSA) is 51.0 Å². The van der Waals surface area contributed by atoms with Gasteiger partial charge in [-0.05, 0) is 0 Å². The Kier molecular flexibility index (Phi) is 5.89. The Balaban J connectivity index is 1.36. The Labute approximate surface area is 170 Å². The molecule has 0 aliphatic rings. The minimum absolute atomic E-state index is 0.262. The number of benzene rings is 2. The van der Waals surface area contributed by atoms with E-state index in [1.54, 1.807) is 30.1 Å². The molecule has 0 N–H and O–H groups in total. The van der Waals surface area contributed by atoms with E-state index in [0.29, 0.717) is 5.13 Å². The zero-order chi connectivity index (χ0) is 18.5. The van der Waals surface area contributed by atoms with Gasteiger partial charge in [0.1, 0.15) is 5.82 Å². The third-order valence-corrected chi connectivity index (χ3v) is 7.48. The molecule has 0 saturated carbocycles. The van der Waals surface area contributed by atoms with Crippen molar-refractivity contribution in [1.29, 1.82) is 0 Å². The summed E-state index contributed by atoms with van der Waals surface area (Å²) in [5.41, 5.74) is 3.11. The van der Waals surface area contributed by atoms with Gasteiger partial charge in [0.25, 0.3) is 0 Å². The summed E-state index contributed by atoms with van der Waals surface area (Å²) in [5.74, 6) is 0.511. The molecule has 2 aromatic heterocycles. The number of hydrogen-bond acceptors (Lipinski definition) is 6. The number of hydrogen-bond donors (Lipinski definition) is 0. The van der Waals surface area contributed by atoms with Crippen LogP contribution in [0.5, 0.6) is 0 Å². The van der Waals surface area contributed by atoms with Gasteiger partial charge in [0.2, 0.25) is 0 Å². The molecule has 0 spiro atoms. The third-order valence-electron chi connectivity index (χ3n) is 3.51. The molecule has 0 radical (unpaired) electrons. The molecule has 8 heteroatoms. The van der Waals surface area contributed by atoms with Crippen molar-refractivity contribution in [3.05, 3.63) is 76.6 Å². The van der Waals surface area contributed by atoms with Gasteiger partial charge in [0, 0.05) is 0 Å². The first-order valence-electron chi connectivity index (χ1n) is 8.02. The van der Waals surface area contributed by atoms with Crippen molar-refractivity contribution < 1.29 is 4.39 Å². The number of rotatable bonds is 6. The van der Waals surface area contributed by atoms with E-state index in [0.717, 1.165) is 21.3 Å². The van der Waals surface area contributed by atoms with Crippen LogP contribution < -0.4 is 0 Å². The molecule has 0 aliphatic heterocycles. The molecule has 4 aromatic rings. The van der Waals surface area contributed by atoms with Crippen molar-refractivity contribution in [3.63, 3.8) is 0 Å². The van der Waals surface area contributed by atoms with Gasteiger partial charge in [-0.15, -0.1) is 0 Å². The second-order valence-corrected chi connectivity index (χ2v) is 9.44. The van der Waals surface area contributed by atoms with Gasteiger partial charge in [0.15, 0.2) is 0 Å². The van der Waals surface area contributed by atoms with Crippen LogP contribution in [0.4, 0.5) is 9.52 Å². The molecule has 0 amide bonds. The molecule has 0 unspecified atom stereocenters. The maximum absolute atomic E-state index is 12.9. The van der Waals surface area contributed by atoms with Crippen molar-refractivity contribution in [3.8, 4) is 10.1 Å². The van der Waals surface area contributed by atoms with Crippen LogP contribution in [0.2, 0.25) is 0 Å². The van der Waals surface area contributed by atoms with E-state index in [-0.39, 0.29) is 20.3 Å². The first-order chi connectivity index (χ1) is 13.3. The van der Waals surface area contributed by atoms with Gasteiger partial charge >= 0.3 is 160 Å². The first-order valence-corrected chi connectivity index (χ1v) is 11.7. The molecule has 0 bridgehead atoms. The maximum atomic E-state index is 12.9. The van der Waals surface area contributed by atoms with Crippen LogP contribution in [0.1, 0.15) is 11.3 Å².